The van der Waals surface area contributed by atoms with Gasteiger partial charge in [0.1, 0.15) is 6.10 Å². The van der Waals surface area contributed by atoms with E-state index in [1.807, 2.05) is 0 Å². The normalized spacial score (nSPS) is 46.2. The molecule has 25 heavy (non-hydrogen) atoms. The number of ether oxygens (including phenoxy) is 1. The fraction of sp³-hybridized carbons (Fsp3) is 0.524. The number of hydrogen-bond acceptors (Lipinski definition) is 4. The van der Waals surface area contributed by atoms with E-state index in [2.05, 4.69) is 42.2 Å². The Morgan fingerprint density at radius 1 is 1.40 bits per heavy atom. The predicted octanol–water partition coefficient (Wildman–Crippen LogP) is 2.99. The van der Waals surface area contributed by atoms with E-state index in [9.17, 15) is 4.79 Å². The number of piperidine rings is 4. The van der Waals surface area contributed by atoms with Crippen LogP contribution in [0.4, 0.5) is 5.69 Å². The molecule has 0 aromatic heterocycles. The van der Waals surface area contributed by atoms with Gasteiger partial charge >= 0.3 is 5.97 Å². The molecule has 1 aromatic carbocycles. The molecule has 5 bridgehead atoms. The number of rotatable bonds is 1. The lowest BCUT2D eigenvalue weighted by Gasteiger charge is -2.55. The zero-order chi connectivity index (χ0) is 16.9. The minimum absolute atomic E-state index is 0.0763. The van der Waals surface area contributed by atoms with E-state index < -0.39 is 0 Å². The summed E-state index contributed by atoms with van der Waals surface area (Å²) in [6.07, 6.45) is 4.40. The molecule has 0 radical (unpaired) electrons. The number of fused-ring (bicyclic) bond motifs is 2. The number of carbonyl (C=O) groups is 1. The van der Waals surface area contributed by atoms with Crippen molar-refractivity contribution in [1.29, 1.82) is 0 Å². The van der Waals surface area contributed by atoms with Crippen LogP contribution in [0.3, 0.4) is 0 Å². The Morgan fingerprint density at radius 3 is 3.04 bits per heavy atom. The standard InChI is InChI=1S/C21H22N2O2/c1-3-12-10-23-16-8-13(12)18-17(23)9-21(20(18)25-11(2)24)14-6-4-5-7-15(14)22-19(16)21/h3-7,13,16-18,20H,8-10H2,1-2H3/b12-3-/t13?,16-,17-,18?,20?,21?/m0/s1. The maximum absolute atomic E-state index is 12.0. The molecular weight excluding hydrogens is 312 g/mol. The second-order valence-corrected chi connectivity index (χ2v) is 8.26. The lowest BCUT2D eigenvalue weighted by Crippen LogP contribution is -2.64. The highest BCUT2D eigenvalue weighted by molar-refractivity contribution is 6.08. The van der Waals surface area contributed by atoms with E-state index in [1.54, 1.807) is 6.92 Å². The van der Waals surface area contributed by atoms with Gasteiger partial charge in [0.15, 0.2) is 0 Å². The fourth-order valence-electron chi connectivity index (χ4n) is 6.78. The van der Waals surface area contributed by atoms with Crippen LogP contribution < -0.4 is 0 Å². The van der Waals surface area contributed by atoms with Crippen molar-refractivity contribution >= 4 is 17.4 Å². The van der Waals surface area contributed by atoms with Gasteiger partial charge in [0.25, 0.3) is 0 Å². The molecule has 4 nitrogen and oxygen atoms in total. The van der Waals surface area contributed by atoms with Crippen molar-refractivity contribution in [2.24, 2.45) is 16.8 Å². The van der Waals surface area contributed by atoms with Gasteiger partial charge in [-0.3, -0.25) is 14.7 Å². The van der Waals surface area contributed by atoms with E-state index in [0.29, 0.717) is 23.9 Å². The Kier molecular flexibility index (Phi) is 2.52. The van der Waals surface area contributed by atoms with E-state index in [4.69, 9.17) is 9.73 Å². The summed E-state index contributed by atoms with van der Waals surface area (Å²) < 4.78 is 6.09. The van der Waals surface area contributed by atoms with Crippen LogP contribution in [0, 0.1) is 11.8 Å². The van der Waals surface area contributed by atoms with E-state index in [-0.39, 0.29) is 17.5 Å². The number of para-hydroxylation sites is 1. The minimum Gasteiger partial charge on any atom is -0.461 e. The number of aliphatic imine (C=N–C) groups is 1. The summed E-state index contributed by atoms with van der Waals surface area (Å²) in [6.45, 7) is 4.77. The second kappa shape index (κ2) is 4.42. The molecule has 5 aliphatic heterocycles. The molecule has 1 aromatic rings. The number of allylic oxidation sites excluding steroid dienone is 1. The fourth-order valence-corrected chi connectivity index (χ4v) is 6.78. The Balaban J connectivity index is 1.62. The van der Waals surface area contributed by atoms with Crippen LogP contribution in [-0.2, 0) is 14.9 Å². The van der Waals surface area contributed by atoms with Crippen molar-refractivity contribution in [3.05, 3.63) is 41.5 Å². The van der Waals surface area contributed by atoms with Gasteiger partial charge in [0.2, 0.25) is 0 Å². The third-order valence-corrected chi connectivity index (χ3v) is 7.48. The van der Waals surface area contributed by atoms with Crippen LogP contribution in [0.5, 0.6) is 0 Å². The summed E-state index contributed by atoms with van der Waals surface area (Å²) in [4.78, 5) is 19.8. The molecule has 5 fully saturated rings. The van der Waals surface area contributed by atoms with Crippen LogP contribution in [0.15, 0.2) is 40.9 Å². The van der Waals surface area contributed by atoms with Gasteiger partial charge in [-0.05, 0) is 37.3 Å². The molecule has 7 rings (SSSR count). The highest BCUT2D eigenvalue weighted by atomic mass is 16.5. The average molecular weight is 334 g/mol. The number of benzene rings is 1. The van der Waals surface area contributed by atoms with Crippen LogP contribution in [0.25, 0.3) is 0 Å². The zero-order valence-electron chi connectivity index (χ0n) is 14.6. The lowest BCUT2D eigenvalue weighted by atomic mass is 9.66. The quantitative estimate of drug-likeness (QED) is 0.586. The van der Waals surface area contributed by atoms with Crippen LogP contribution in [-0.4, -0.2) is 41.3 Å². The van der Waals surface area contributed by atoms with Gasteiger partial charge in [0, 0.05) is 25.4 Å². The first kappa shape index (κ1) is 14.3. The molecule has 4 saturated heterocycles. The first-order chi connectivity index (χ1) is 12.1. The number of hydrogen-bond donors (Lipinski definition) is 0. The van der Waals surface area contributed by atoms with Crippen LogP contribution in [0.1, 0.15) is 32.3 Å². The van der Waals surface area contributed by atoms with E-state index in [0.717, 1.165) is 25.1 Å². The predicted molar refractivity (Wildman–Crippen MR) is 95.0 cm³/mol. The van der Waals surface area contributed by atoms with Crippen molar-refractivity contribution < 1.29 is 9.53 Å². The topological polar surface area (TPSA) is 41.9 Å². The van der Waals surface area contributed by atoms with E-state index in [1.165, 1.54) is 16.8 Å². The largest absolute Gasteiger partial charge is 0.461 e. The van der Waals surface area contributed by atoms with Crippen molar-refractivity contribution in [3.8, 4) is 0 Å². The summed E-state index contributed by atoms with van der Waals surface area (Å²) >= 11 is 0. The van der Waals surface area contributed by atoms with Gasteiger partial charge in [-0.15, -0.1) is 0 Å². The smallest absolute Gasteiger partial charge is 0.302 e. The first-order valence-electron chi connectivity index (χ1n) is 9.42. The Hall–Kier alpha value is -1.94. The van der Waals surface area contributed by atoms with Gasteiger partial charge in [0.05, 0.1) is 22.9 Å². The molecule has 4 heteroatoms. The van der Waals surface area contributed by atoms with Gasteiger partial charge in [-0.25, -0.2) is 0 Å². The molecule has 128 valence electrons. The molecule has 1 saturated carbocycles. The van der Waals surface area contributed by atoms with Gasteiger partial charge in [-0.1, -0.05) is 29.8 Å². The van der Waals surface area contributed by atoms with Crippen molar-refractivity contribution in [1.82, 2.24) is 4.90 Å². The van der Waals surface area contributed by atoms with Crippen LogP contribution >= 0.6 is 0 Å². The average Bonchev–Trinajstić information content (AvgIpc) is 3.09. The Labute approximate surface area is 147 Å². The molecule has 1 spiro atoms. The second-order valence-electron chi connectivity index (χ2n) is 8.26. The van der Waals surface area contributed by atoms with Crippen LogP contribution in [0.2, 0.25) is 0 Å². The zero-order valence-corrected chi connectivity index (χ0v) is 14.6. The molecule has 5 unspecified atom stereocenters. The highest BCUT2D eigenvalue weighted by Crippen LogP contribution is 2.66. The Morgan fingerprint density at radius 2 is 2.24 bits per heavy atom. The SMILES string of the molecule is C/C=C1/CN2[C@H]3CC1C1C(OC(C)=O)C4(C[C@@H]12)C3=Nc1ccccc14. The maximum Gasteiger partial charge on any atom is 0.302 e. The summed E-state index contributed by atoms with van der Waals surface area (Å²) in [6, 6.07) is 9.42. The third-order valence-electron chi connectivity index (χ3n) is 7.48. The van der Waals surface area contributed by atoms with Gasteiger partial charge in [-0.2, -0.15) is 0 Å². The number of carbonyl (C=O) groups excluding carboxylic acids is 1. The molecule has 5 heterocycles. The summed E-state index contributed by atoms with van der Waals surface area (Å²) in [5.74, 6) is 0.778. The maximum atomic E-state index is 12.0. The lowest BCUT2D eigenvalue weighted by molar-refractivity contribution is -0.152. The van der Waals surface area contributed by atoms with E-state index >= 15 is 0 Å². The van der Waals surface area contributed by atoms with Crippen molar-refractivity contribution in [2.75, 3.05) is 6.54 Å². The number of esters is 1. The summed E-state index contributed by atoms with van der Waals surface area (Å²) in [5, 5.41) is 0. The summed E-state index contributed by atoms with van der Waals surface area (Å²) in [7, 11) is 0. The molecule has 6 aliphatic rings. The molecular formula is C21H22N2O2. The highest BCUT2D eigenvalue weighted by Gasteiger charge is 2.73. The molecule has 0 N–H and O–H groups in total. The van der Waals surface area contributed by atoms with Crippen molar-refractivity contribution in [2.45, 2.75) is 50.3 Å². The third kappa shape index (κ3) is 1.46. The monoisotopic (exact) mass is 334 g/mol. The molecule has 1 aliphatic carbocycles. The number of nitrogens with zero attached hydrogens (tertiary/aromatic N) is 2. The molecule has 0 amide bonds. The van der Waals surface area contributed by atoms with Gasteiger partial charge < -0.3 is 4.74 Å². The van der Waals surface area contributed by atoms with Crippen molar-refractivity contribution in [3.63, 3.8) is 0 Å². The molecule has 7 atom stereocenters. The first-order valence-corrected chi connectivity index (χ1v) is 9.42. The minimum atomic E-state index is -0.184. The summed E-state index contributed by atoms with van der Waals surface area (Å²) in [5.41, 5.74) is 5.00. The Bertz CT molecular complexity index is 872.